The Bertz CT molecular complexity index is 629. The van der Waals surface area contributed by atoms with Crippen LogP contribution in [0.2, 0.25) is 0 Å². The maximum absolute atomic E-state index is 12.1. The molecule has 1 aromatic rings. The lowest BCUT2D eigenvalue weighted by Crippen LogP contribution is -2.36. The van der Waals surface area contributed by atoms with Crippen LogP contribution in [0.1, 0.15) is 30.3 Å². The van der Waals surface area contributed by atoms with Gasteiger partial charge >= 0.3 is 11.9 Å². The number of carbonyl (C=O) groups excluding carboxylic acids is 2. The molecule has 7 heteroatoms. The SMILES string of the molecule is CCOC(=O)C(OC(=O)C=Cc1c(C)nn(C)c1C)C1CCOC1. The van der Waals surface area contributed by atoms with Gasteiger partial charge in [0.05, 0.1) is 18.9 Å². The van der Waals surface area contributed by atoms with E-state index in [2.05, 4.69) is 5.10 Å². The van der Waals surface area contributed by atoms with E-state index >= 15 is 0 Å². The molecule has 132 valence electrons. The molecule has 1 aromatic heterocycles. The molecule has 0 saturated carbocycles. The van der Waals surface area contributed by atoms with Gasteiger partial charge in [0.2, 0.25) is 6.10 Å². The van der Waals surface area contributed by atoms with Crippen molar-refractivity contribution in [2.45, 2.75) is 33.3 Å². The molecular formula is C17H24N2O5. The molecule has 1 aliphatic rings. The molecule has 0 aromatic carbocycles. The minimum Gasteiger partial charge on any atom is -0.463 e. The van der Waals surface area contributed by atoms with Gasteiger partial charge in [-0.05, 0) is 33.3 Å². The molecule has 0 bridgehead atoms. The number of carbonyl (C=O) groups is 2. The van der Waals surface area contributed by atoms with E-state index in [-0.39, 0.29) is 12.5 Å². The van der Waals surface area contributed by atoms with Crippen LogP contribution < -0.4 is 0 Å². The zero-order chi connectivity index (χ0) is 17.7. The number of ether oxygens (including phenoxy) is 3. The molecule has 2 heterocycles. The second-order valence-electron chi connectivity index (χ2n) is 5.77. The molecule has 0 amide bonds. The number of aryl methyl sites for hydroxylation is 2. The van der Waals surface area contributed by atoms with Crippen molar-refractivity contribution >= 4 is 18.0 Å². The van der Waals surface area contributed by atoms with E-state index in [1.807, 2.05) is 20.9 Å². The number of hydrogen-bond donors (Lipinski definition) is 0. The Hall–Kier alpha value is -2.15. The number of hydrogen-bond acceptors (Lipinski definition) is 6. The molecule has 0 aliphatic carbocycles. The van der Waals surface area contributed by atoms with Gasteiger partial charge in [0.1, 0.15) is 0 Å². The van der Waals surface area contributed by atoms with Gasteiger partial charge in [-0.2, -0.15) is 5.10 Å². The average Bonchev–Trinajstić information content (AvgIpc) is 3.13. The van der Waals surface area contributed by atoms with Gasteiger partial charge in [-0.3, -0.25) is 4.68 Å². The minimum atomic E-state index is -0.930. The Morgan fingerprint density at radius 3 is 2.75 bits per heavy atom. The Morgan fingerprint density at radius 2 is 2.21 bits per heavy atom. The van der Waals surface area contributed by atoms with Crippen molar-refractivity contribution in [1.82, 2.24) is 9.78 Å². The third-order valence-electron chi connectivity index (χ3n) is 4.11. The van der Waals surface area contributed by atoms with Crippen LogP contribution in [-0.2, 0) is 30.8 Å². The van der Waals surface area contributed by atoms with Crippen LogP contribution in [0.3, 0.4) is 0 Å². The third kappa shape index (κ3) is 4.23. The van der Waals surface area contributed by atoms with Crippen molar-refractivity contribution in [3.05, 3.63) is 23.0 Å². The van der Waals surface area contributed by atoms with E-state index in [1.54, 1.807) is 17.7 Å². The lowest BCUT2D eigenvalue weighted by atomic mass is 10.0. The highest BCUT2D eigenvalue weighted by Crippen LogP contribution is 2.21. The molecule has 1 saturated heterocycles. The first-order valence-corrected chi connectivity index (χ1v) is 8.07. The van der Waals surface area contributed by atoms with E-state index in [0.29, 0.717) is 19.6 Å². The maximum Gasteiger partial charge on any atom is 0.347 e. The molecular weight excluding hydrogens is 312 g/mol. The zero-order valence-corrected chi connectivity index (χ0v) is 14.6. The first-order chi connectivity index (χ1) is 11.4. The first kappa shape index (κ1) is 18.2. The van der Waals surface area contributed by atoms with E-state index in [0.717, 1.165) is 17.0 Å². The maximum atomic E-state index is 12.1. The minimum absolute atomic E-state index is 0.164. The molecule has 2 unspecified atom stereocenters. The summed E-state index contributed by atoms with van der Waals surface area (Å²) in [4.78, 5) is 24.2. The Kier molecular flexibility index (Phi) is 6.14. The second kappa shape index (κ2) is 8.10. The fourth-order valence-electron chi connectivity index (χ4n) is 2.70. The standard InChI is InChI=1S/C17H24N2O5/c1-5-23-17(21)16(13-8-9-22-10-13)24-15(20)7-6-14-11(2)18-19(4)12(14)3/h6-7,13,16H,5,8-10H2,1-4H3. The topological polar surface area (TPSA) is 79.7 Å². The quantitative estimate of drug-likeness (QED) is 0.579. The van der Waals surface area contributed by atoms with E-state index in [1.165, 1.54) is 6.08 Å². The van der Waals surface area contributed by atoms with Gasteiger partial charge in [0.25, 0.3) is 0 Å². The lowest BCUT2D eigenvalue weighted by molar-refractivity contribution is -0.168. The lowest BCUT2D eigenvalue weighted by Gasteiger charge is -2.20. The summed E-state index contributed by atoms with van der Waals surface area (Å²) < 4.78 is 17.4. The molecule has 0 radical (unpaired) electrons. The van der Waals surface area contributed by atoms with Gasteiger partial charge < -0.3 is 14.2 Å². The summed E-state index contributed by atoms with van der Waals surface area (Å²) in [5.41, 5.74) is 2.64. The van der Waals surface area contributed by atoms with Gasteiger partial charge in [-0.25, -0.2) is 9.59 Å². The van der Waals surface area contributed by atoms with E-state index in [9.17, 15) is 9.59 Å². The van der Waals surface area contributed by atoms with Crippen molar-refractivity contribution in [2.24, 2.45) is 13.0 Å². The van der Waals surface area contributed by atoms with Crippen molar-refractivity contribution < 1.29 is 23.8 Å². The Labute approximate surface area is 141 Å². The van der Waals surface area contributed by atoms with Gasteiger partial charge in [0.15, 0.2) is 0 Å². The smallest absolute Gasteiger partial charge is 0.347 e. The van der Waals surface area contributed by atoms with Gasteiger partial charge in [-0.1, -0.05) is 0 Å². The average molecular weight is 336 g/mol. The molecule has 1 aliphatic heterocycles. The molecule has 2 rings (SSSR count). The number of rotatable bonds is 6. The van der Waals surface area contributed by atoms with Crippen LogP contribution >= 0.6 is 0 Å². The van der Waals surface area contributed by atoms with Crippen LogP contribution in [0.15, 0.2) is 6.08 Å². The van der Waals surface area contributed by atoms with Crippen LogP contribution in [0.5, 0.6) is 0 Å². The first-order valence-electron chi connectivity index (χ1n) is 8.07. The molecule has 0 N–H and O–H groups in total. The van der Waals surface area contributed by atoms with Crippen LogP contribution in [0.4, 0.5) is 0 Å². The molecule has 1 fully saturated rings. The molecule has 24 heavy (non-hydrogen) atoms. The van der Waals surface area contributed by atoms with E-state index in [4.69, 9.17) is 14.2 Å². The largest absolute Gasteiger partial charge is 0.463 e. The summed E-state index contributed by atoms with van der Waals surface area (Å²) in [6, 6.07) is 0. The van der Waals surface area contributed by atoms with Crippen molar-refractivity contribution in [3.8, 4) is 0 Å². The normalized spacial score (nSPS) is 18.8. The number of aromatic nitrogens is 2. The fraction of sp³-hybridized carbons (Fsp3) is 0.588. The van der Waals surface area contributed by atoms with Crippen molar-refractivity contribution in [3.63, 3.8) is 0 Å². The monoisotopic (exact) mass is 336 g/mol. The summed E-state index contributed by atoms with van der Waals surface area (Å²) in [6.07, 6.45) is 2.72. The van der Waals surface area contributed by atoms with E-state index < -0.39 is 18.0 Å². The molecule has 2 atom stereocenters. The predicted molar refractivity (Wildman–Crippen MR) is 87.2 cm³/mol. The Morgan fingerprint density at radius 1 is 1.46 bits per heavy atom. The van der Waals surface area contributed by atoms with Crippen molar-refractivity contribution in [2.75, 3.05) is 19.8 Å². The zero-order valence-electron chi connectivity index (χ0n) is 14.6. The summed E-state index contributed by atoms with van der Waals surface area (Å²) in [5, 5.41) is 4.29. The third-order valence-corrected chi connectivity index (χ3v) is 4.11. The molecule has 0 spiro atoms. The van der Waals surface area contributed by atoms with Gasteiger partial charge in [0, 0.05) is 36.9 Å². The Balaban J connectivity index is 2.06. The highest BCUT2D eigenvalue weighted by Gasteiger charge is 2.35. The van der Waals surface area contributed by atoms with Gasteiger partial charge in [-0.15, -0.1) is 0 Å². The number of esters is 2. The highest BCUT2D eigenvalue weighted by atomic mass is 16.6. The summed E-state index contributed by atoms with van der Waals surface area (Å²) in [7, 11) is 1.84. The van der Waals surface area contributed by atoms with Crippen molar-refractivity contribution in [1.29, 1.82) is 0 Å². The number of nitrogens with zero attached hydrogens (tertiary/aromatic N) is 2. The summed E-state index contributed by atoms with van der Waals surface area (Å²) in [6.45, 7) is 6.70. The second-order valence-corrected chi connectivity index (χ2v) is 5.77. The van der Waals surface area contributed by atoms with Crippen LogP contribution in [0.25, 0.3) is 6.08 Å². The fourth-order valence-corrected chi connectivity index (χ4v) is 2.70. The summed E-state index contributed by atoms with van der Waals surface area (Å²) >= 11 is 0. The van der Waals surface area contributed by atoms with Crippen LogP contribution in [-0.4, -0.2) is 47.6 Å². The van der Waals surface area contributed by atoms with Crippen LogP contribution in [0, 0.1) is 19.8 Å². The summed E-state index contributed by atoms with van der Waals surface area (Å²) in [5.74, 6) is -1.27. The predicted octanol–water partition coefficient (Wildman–Crippen LogP) is 1.56. The molecule has 7 nitrogen and oxygen atoms in total. The highest BCUT2D eigenvalue weighted by molar-refractivity contribution is 5.89.